The van der Waals surface area contributed by atoms with Gasteiger partial charge in [-0.1, -0.05) is 0 Å². The van der Waals surface area contributed by atoms with Gasteiger partial charge in [0.25, 0.3) is 0 Å². The third kappa shape index (κ3) is 3.95. The molecule has 98 valence electrons. The fourth-order valence-corrected chi connectivity index (χ4v) is 1.59. The molecule has 0 aliphatic heterocycles. The molecule has 0 radical (unpaired) electrons. The molecule has 1 aromatic carbocycles. The highest BCUT2D eigenvalue weighted by atomic mass is 19.1. The SMILES string of the molecule is Cc1cc(C(=O)CCCC(=O)N(C)C)ccc1F. The molecule has 0 saturated heterocycles. The van der Waals surface area contributed by atoms with Crippen LogP contribution >= 0.6 is 0 Å². The molecule has 1 aromatic rings. The Hall–Kier alpha value is -1.71. The maximum atomic E-state index is 13.0. The second kappa shape index (κ2) is 6.28. The normalized spacial score (nSPS) is 10.2. The quantitative estimate of drug-likeness (QED) is 0.754. The van der Waals surface area contributed by atoms with E-state index in [0.717, 1.165) is 0 Å². The van der Waals surface area contributed by atoms with Gasteiger partial charge in [0.15, 0.2) is 5.78 Å². The molecule has 0 spiro atoms. The highest BCUT2D eigenvalue weighted by Gasteiger charge is 2.10. The van der Waals surface area contributed by atoms with E-state index in [1.54, 1.807) is 27.1 Å². The molecule has 3 nitrogen and oxygen atoms in total. The summed E-state index contributed by atoms with van der Waals surface area (Å²) in [7, 11) is 3.38. The second-order valence-corrected chi connectivity index (χ2v) is 4.53. The van der Waals surface area contributed by atoms with Crippen LogP contribution in [0.15, 0.2) is 18.2 Å². The summed E-state index contributed by atoms with van der Waals surface area (Å²) >= 11 is 0. The number of amides is 1. The Morgan fingerprint density at radius 1 is 1.22 bits per heavy atom. The molecule has 0 aliphatic carbocycles. The average molecular weight is 251 g/mol. The van der Waals surface area contributed by atoms with Crippen LogP contribution in [-0.2, 0) is 4.79 Å². The van der Waals surface area contributed by atoms with Crippen LogP contribution in [0.1, 0.15) is 35.2 Å². The molecule has 1 amide bonds. The third-order valence-electron chi connectivity index (χ3n) is 2.77. The smallest absolute Gasteiger partial charge is 0.222 e. The van der Waals surface area contributed by atoms with Crippen LogP contribution < -0.4 is 0 Å². The van der Waals surface area contributed by atoms with Gasteiger partial charge in [-0.25, -0.2) is 4.39 Å². The minimum absolute atomic E-state index is 0.0121. The van der Waals surface area contributed by atoms with Crippen LogP contribution in [0.2, 0.25) is 0 Å². The van der Waals surface area contributed by atoms with E-state index in [1.165, 1.54) is 17.0 Å². The highest BCUT2D eigenvalue weighted by molar-refractivity contribution is 5.96. The minimum Gasteiger partial charge on any atom is -0.349 e. The van der Waals surface area contributed by atoms with Crippen molar-refractivity contribution in [1.29, 1.82) is 0 Å². The molecule has 0 bridgehead atoms. The van der Waals surface area contributed by atoms with E-state index in [4.69, 9.17) is 0 Å². The van der Waals surface area contributed by atoms with Crippen LogP contribution in [0, 0.1) is 12.7 Å². The topological polar surface area (TPSA) is 37.4 Å². The largest absolute Gasteiger partial charge is 0.349 e. The van der Waals surface area contributed by atoms with E-state index in [1.807, 2.05) is 0 Å². The number of ketones is 1. The molecule has 18 heavy (non-hydrogen) atoms. The van der Waals surface area contributed by atoms with Crippen molar-refractivity contribution in [2.45, 2.75) is 26.2 Å². The van der Waals surface area contributed by atoms with E-state index in [9.17, 15) is 14.0 Å². The lowest BCUT2D eigenvalue weighted by molar-refractivity contribution is -0.128. The van der Waals surface area contributed by atoms with Crippen LogP contribution in [-0.4, -0.2) is 30.7 Å². The van der Waals surface area contributed by atoms with Crippen molar-refractivity contribution in [1.82, 2.24) is 4.90 Å². The first-order valence-electron chi connectivity index (χ1n) is 5.91. The standard InChI is InChI=1S/C14H18FNO2/c1-10-9-11(7-8-12(10)15)13(17)5-4-6-14(18)16(2)3/h7-9H,4-6H2,1-3H3. The van der Waals surface area contributed by atoms with Gasteiger partial charge in [0.05, 0.1) is 0 Å². The number of nitrogens with zero attached hydrogens (tertiary/aromatic N) is 1. The number of hydrogen-bond donors (Lipinski definition) is 0. The fraction of sp³-hybridized carbons (Fsp3) is 0.429. The van der Waals surface area contributed by atoms with E-state index in [0.29, 0.717) is 30.4 Å². The van der Waals surface area contributed by atoms with Gasteiger partial charge < -0.3 is 4.90 Å². The second-order valence-electron chi connectivity index (χ2n) is 4.53. The van der Waals surface area contributed by atoms with Crippen molar-refractivity contribution in [3.8, 4) is 0 Å². The number of benzene rings is 1. The van der Waals surface area contributed by atoms with Crippen molar-refractivity contribution in [2.75, 3.05) is 14.1 Å². The summed E-state index contributed by atoms with van der Waals surface area (Å²) in [6.07, 6.45) is 1.19. The molecule has 0 saturated carbocycles. The molecular formula is C14H18FNO2. The molecule has 4 heteroatoms. The number of aryl methyl sites for hydroxylation is 1. The maximum absolute atomic E-state index is 13.0. The highest BCUT2D eigenvalue weighted by Crippen LogP contribution is 2.12. The molecule has 0 N–H and O–H groups in total. The van der Waals surface area contributed by atoms with Crippen LogP contribution in [0.4, 0.5) is 4.39 Å². The number of Topliss-reactive ketones (excluding diaryl/α,β-unsaturated/α-hetero) is 1. The number of halogens is 1. The van der Waals surface area contributed by atoms with Crippen molar-refractivity contribution in [3.63, 3.8) is 0 Å². The molecule has 0 aromatic heterocycles. The predicted octanol–water partition coefficient (Wildman–Crippen LogP) is 2.58. The summed E-state index contributed by atoms with van der Waals surface area (Å²) in [6.45, 7) is 1.63. The molecule has 1 rings (SSSR count). The zero-order valence-electron chi connectivity index (χ0n) is 11.0. The lowest BCUT2D eigenvalue weighted by Crippen LogP contribution is -2.21. The summed E-state index contributed by atoms with van der Waals surface area (Å²) in [6, 6.07) is 4.33. The lowest BCUT2D eigenvalue weighted by atomic mass is 10.0. The Morgan fingerprint density at radius 3 is 2.44 bits per heavy atom. The summed E-state index contributed by atoms with van der Waals surface area (Å²) in [5, 5.41) is 0. The van der Waals surface area contributed by atoms with Crippen LogP contribution in [0.25, 0.3) is 0 Å². The molecule has 0 aliphatic rings. The summed E-state index contributed by atoms with van der Waals surface area (Å²) < 4.78 is 13.0. The van der Waals surface area contributed by atoms with Crippen molar-refractivity contribution in [2.24, 2.45) is 0 Å². The monoisotopic (exact) mass is 251 g/mol. The Balaban J connectivity index is 2.50. The Morgan fingerprint density at radius 2 is 1.89 bits per heavy atom. The first-order valence-corrected chi connectivity index (χ1v) is 5.91. The van der Waals surface area contributed by atoms with Gasteiger partial charge in [-0.2, -0.15) is 0 Å². The molecular weight excluding hydrogens is 233 g/mol. The lowest BCUT2D eigenvalue weighted by Gasteiger charge is -2.09. The van der Waals surface area contributed by atoms with Gasteiger partial charge in [0.1, 0.15) is 5.82 Å². The van der Waals surface area contributed by atoms with Crippen molar-refractivity contribution in [3.05, 3.63) is 35.1 Å². The van der Waals surface area contributed by atoms with Gasteiger partial charge in [0.2, 0.25) is 5.91 Å². The minimum atomic E-state index is -0.311. The van der Waals surface area contributed by atoms with E-state index in [2.05, 4.69) is 0 Å². The fourth-order valence-electron chi connectivity index (χ4n) is 1.59. The van der Waals surface area contributed by atoms with Gasteiger partial charge >= 0.3 is 0 Å². The first kappa shape index (κ1) is 14.4. The van der Waals surface area contributed by atoms with E-state index < -0.39 is 0 Å². The van der Waals surface area contributed by atoms with Gasteiger partial charge in [-0.3, -0.25) is 9.59 Å². The number of carbonyl (C=O) groups is 2. The van der Waals surface area contributed by atoms with Crippen molar-refractivity contribution < 1.29 is 14.0 Å². The van der Waals surface area contributed by atoms with Crippen LogP contribution in [0.5, 0.6) is 0 Å². The van der Waals surface area contributed by atoms with E-state index >= 15 is 0 Å². The molecule has 0 fully saturated rings. The predicted molar refractivity (Wildman–Crippen MR) is 68.0 cm³/mol. The first-order chi connectivity index (χ1) is 8.41. The summed E-state index contributed by atoms with van der Waals surface area (Å²) in [5.74, 6) is -0.350. The number of carbonyl (C=O) groups excluding carboxylic acids is 2. The average Bonchev–Trinajstić information content (AvgIpc) is 2.32. The van der Waals surface area contributed by atoms with Gasteiger partial charge in [0, 0.05) is 32.5 Å². The summed E-state index contributed by atoms with van der Waals surface area (Å²) in [4.78, 5) is 24.6. The van der Waals surface area contributed by atoms with Gasteiger partial charge in [-0.05, 0) is 37.1 Å². The Kier molecular flexibility index (Phi) is 5.01. The maximum Gasteiger partial charge on any atom is 0.222 e. The number of rotatable bonds is 5. The summed E-state index contributed by atoms with van der Waals surface area (Å²) in [5.41, 5.74) is 0.969. The molecule has 0 atom stereocenters. The van der Waals surface area contributed by atoms with Crippen molar-refractivity contribution >= 4 is 11.7 Å². The van der Waals surface area contributed by atoms with Gasteiger partial charge in [-0.15, -0.1) is 0 Å². The zero-order valence-corrected chi connectivity index (χ0v) is 11.0. The Labute approximate surface area is 107 Å². The molecule has 0 heterocycles. The molecule has 0 unspecified atom stereocenters. The zero-order chi connectivity index (χ0) is 13.7. The number of hydrogen-bond acceptors (Lipinski definition) is 2. The Bertz CT molecular complexity index is 455. The van der Waals surface area contributed by atoms with E-state index in [-0.39, 0.29) is 17.5 Å². The third-order valence-corrected chi connectivity index (χ3v) is 2.77. The van der Waals surface area contributed by atoms with Crippen LogP contribution in [0.3, 0.4) is 0 Å².